The van der Waals surface area contributed by atoms with Crippen LogP contribution in [0.2, 0.25) is 0 Å². The van der Waals surface area contributed by atoms with Gasteiger partial charge in [-0.05, 0) is 24.3 Å². The fraction of sp³-hybridized carbons (Fsp3) is 0.312. The highest BCUT2D eigenvalue weighted by atomic mass is 19.4. The van der Waals surface area contributed by atoms with Crippen molar-refractivity contribution in [3.63, 3.8) is 0 Å². The predicted molar refractivity (Wildman–Crippen MR) is 86.1 cm³/mol. The van der Waals surface area contributed by atoms with E-state index in [9.17, 15) is 22.8 Å². The Morgan fingerprint density at radius 3 is 2.54 bits per heavy atom. The van der Waals surface area contributed by atoms with Crippen LogP contribution >= 0.6 is 0 Å². The first-order valence-corrected chi connectivity index (χ1v) is 7.37. The molecule has 1 aromatic heterocycles. The number of nitrogens with zero attached hydrogens (tertiary/aromatic N) is 2. The molecule has 1 aromatic carbocycles. The van der Waals surface area contributed by atoms with Crippen LogP contribution in [-0.4, -0.2) is 42.6 Å². The van der Waals surface area contributed by atoms with Gasteiger partial charge in [0, 0.05) is 11.6 Å². The second-order valence-corrected chi connectivity index (χ2v) is 5.17. The molecule has 0 aliphatic rings. The van der Waals surface area contributed by atoms with Crippen LogP contribution in [0.5, 0.6) is 11.5 Å². The SMILES string of the molecule is COc1ccc(OC)c(-c2ccc(=O)n(CC(=O)NCC(F)(F)F)n2)c1. The lowest BCUT2D eigenvalue weighted by Crippen LogP contribution is -2.38. The van der Waals surface area contributed by atoms with Crippen molar-refractivity contribution in [2.24, 2.45) is 0 Å². The van der Waals surface area contributed by atoms with Crippen LogP contribution in [0.1, 0.15) is 0 Å². The normalized spacial score (nSPS) is 11.1. The number of benzene rings is 1. The summed E-state index contributed by atoms with van der Waals surface area (Å²) in [6.45, 7) is -2.13. The molecule has 1 amide bonds. The van der Waals surface area contributed by atoms with Gasteiger partial charge in [0.25, 0.3) is 5.56 Å². The fourth-order valence-corrected chi connectivity index (χ4v) is 2.11. The van der Waals surface area contributed by atoms with Gasteiger partial charge in [0.1, 0.15) is 24.6 Å². The van der Waals surface area contributed by atoms with Crippen LogP contribution in [0.3, 0.4) is 0 Å². The minimum atomic E-state index is -4.54. The molecule has 1 N–H and O–H groups in total. The van der Waals surface area contributed by atoms with Gasteiger partial charge in [-0.15, -0.1) is 0 Å². The van der Waals surface area contributed by atoms with Crippen molar-refractivity contribution in [1.29, 1.82) is 0 Å². The second kappa shape index (κ2) is 7.89. The highest BCUT2D eigenvalue weighted by Gasteiger charge is 2.27. The van der Waals surface area contributed by atoms with E-state index in [4.69, 9.17) is 9.47 Å². The number of hydrogen-bond acceptors (Lipinski definition) is 5. The van der Waals surface area contributed by atoms with Gasteiger partial charge in [-0.1, -0.05) is 0 Å². The van der Waals surface area contributed by atoms with Crippen LogP contribution in [-0.2, 0) is 11.3 Å². The maximum atomic E-state index is 12.1. The molecular weight excluding hydrogens is 355 g/mol. The first-order chi connectivity index (χ1) is 12.2. The molecule has 10 heteroatoms. The molecule has 2 rings (SSSR count). The van der Waals surface area contributed by atoms with E-state index in [1.54, 1.807) is 23.5 Å². The van der Waals surface area contributed by atoms with Gasteiger partial charge in [0.05, 0.1) is 19.9 Å². The number of aromatic nitrogens is 2. The zero-order valence-electron chi connectivity index (χ0n) is 14.0. The van der Waals surface area contributed by atoms with E-state index < -0.39 is 30.7 Å². The summed E-state index contributed by atoms with van der Waals surface area (Å²) < 4.78 is 47.6. The minimum Gasteiger partial charge on any atom is -0.497 e. The van der Waals surface area contributed by atoms with E-state index in [2.05, 4.69) is 5.10 Å². The first-order valence-electron chi connectivity index (χ1n) is 7.37. The molecule has 0 spiro atoms. The van der Waals surface area contributed by atoms with Crippen molar-refractivity contribution in [3.8, 4) is 22.8 Å². The molecule has 0 atom stereocenters. The molecule has 0 aliphatic carbocycles. The maximum absolute atomic E-state index is 12.1. The van der Waals surface area contributed by atoms with Gasteiger partial charge in [-0.25, -0.2) is 4.68 Å². The number of amides is 1. The summed E-state index contributed by atoms with van der Waals surface area (Å²) in [5, 5.41) is 5.73. The Hall–Kier alpha value is -3.04. The lowest BCUT2D eigenvalue weighted by molar-refractivity contribution is -0.138. The summed E-state index contributed by atoms with van der Waals surface area (Å²) in [5.74, 6) is -0.0139. The second-order valence-electron chi connectivity index (χ2n) is 5.17. The summed E-state index contributed by atoms with van der Waals surface area (Å²) in [6.07, 6.45) is -4.54. The molecular formula is C16H16F3N3O4. The van der Waals surface area contributed by atoms with Crippen molar-refractivity contribution in [1.82, 2.24) is 15.1 Å². The van der Waals surface area contributed by atoms with Crippen molar-refractivity contribution in [2.45, 2.75) is 12.7 Å². The molecule has 26 heavy (non-hydrogen) atoms. The average Bonchev–Trinajstić information content (AvgIpc) is 2.60. The largest absolute Gasteiger partial charge is 0.497 e. The first kappa shape index (κ1) is 19.3. The van der Waals surface area contributed by atoms with Gasteiger partial charge in [-0.2, -0.15) is 18.3 Å². The standard InChI is InChI=1S/C16H16F3N3O4/c1-25-10-3-5-13(26-2)11(7-10)12-4-6-15(24)22(21-12)8-14(23)20-9-16(17,18)19/h3-7H,8-9H2,1-2H3,(H,20,23). The van der Waals surface area contributed by atoms with Gasteiger partial charge >= 0.3 is 6.18 Å². The molecule has 0 unspecified atom stereocenters. The quantitative estimate of drug-likeness (QED) is 0.834. The number of hydrogen-bond donors (Lipinski definition) is 1. The molecule has 0 bridgehead atoms. The van der Waals surface area contributed by atoms with Gasteiger partial charge < -0.3 is 14.8 Å². The summed E-state index contributed by atoms with van der Waals surface area (Å²) in [6, 6.07) is 7.52. The molecule has 0 saturated carbocycles. The third kappa shape index (κ3) is 4.98. The van der Waals surface area contributed by atoms with Crippen LogP contribution in [0.25, 0.3) is 11.3 Å². The number of nitrogens with one attached hydrogen (secondary N) is 1. The van der Waals surface area contributed by atoms with E-state index in [0.29, 0.717) is 22.8 Å². The molecule has 0 saturated heterocycles. The van der Waals surface area contributed by atoms with Gasteiger partial charge in [0.15, 0.2) is 0 Å². The number of carbonyl (C=O) groups is 1. The molecule has 1 heterocycles. The smallest absolute Gasteiger partial charge is 0.405 e. The minimum absolute atomic E-state index is 0.295. The lowest BCUT2D eigenvalue weighted by atomic mass is 10.1. The van der Waals surface area contributed by atoms with Gasteiger partial charge in [-0.3, -0.25) is 9.59 Å². The Bertz CT molecular complexity index is 849. The number of halogens is 3. The number of methoxy groups -OCH3 is 2. The summed E-state index contributed by atoms with van der Waals surface area (Å²) in [4.78, 5) is 23.5. The van der Waals surface area contributed by atoms with E-state index in [1.165, 1.54) is 20.3 Å². The van der Waals surface area contributed by atoms with Crippen molar-refractivity contribution in [2.75, 3.05) is 20.8 Å². The molecule has 0 aliphatic heterocycles. The number of carbonyl (C=O) groups excluding carboxylic acids is 1. The highest BCUT2D eigenvalue weighted by Crippen LogP contribution is 2.31. The van der Waals surface area contributed by atoms with E-state index in [0.717, 1.165) is 10.7 Å². The van der Waals surface area contributed by atoms with Crippen LogP contribution in [0.15, 0.2) is 35.1 Å². The number of ether oxygens (including phenoxy) is 2. The average molecular weight is 371 g/mol. The third-order valence-electron chi connectivity index (χ3n) is 3.33. The Morgan fingerprint density at radius 2 is 1.92 bits per heavy atom. The topological polar surface area (TPSA) is 82.5 Å². The van der Waals surface area contributed by atoms with Crippen LogP contribution < -0.4 is 20.3 Å². The molecule has 7 nitrogen and oxygen atoms in total. The molecule has 0 radical (unpaired) electrons. The zero-order chi connectivity index (χ0) is 19.3. The monoisotopic (exact) mass is 371 g/mol. The van der Waals surface area contributed by atoms with Crippen molar-refractivity contribution >= 4 is 5.91 Å². The summed E-state index contributed by atoms with van der Waals surface area (Å²) in [7, 11) is 2.93. The van der Waals surface area contributed by atoms with Crippen LogP contribution in [0, 0.1) is 0 Å². The van der Waals surface area contributed by atoms with Gasteiger partial charge in [0.2, 0.25) is 5.91 Å². The Kier molecular flexibility index (Phi) is 5.86. The Labute approximate surface area is 146 Å². The predicted octanol–water partition coefficient (Wildman–Crippen LogP) is 1.61. The Balaban J connectivity index is 2.30. The highest BCUT2D eigenvalue weighted by molar-refractivity contribution is 5.75. The van der Waals surface area contributed by atoms with Crippen LogP contribution in [0.4, 0.5) is 13.2 Å². The maximum Gasteiger partial charge on any atom is 0.405 e. The molecule has 140 valence electrons. The third-order valence-corrected chi connectivity index (χ3v) is 3.33. The van der Waals surface area contributed by atoms with E-state index in [-0.39, 0.29) is 0 Å². The van der Waals surface area contributed by atoms with E-state index in [1.807, 2.05) is 0 Å². The number of alkyl halides is 3. The zero-order valence-corrected chi connectivity index (χ0v) is 14.0. The van der Waals surface area contributed by atoms with Crippen molar-refractivity contribution in [3.05, 3.63) is 40.7 Å². The summed E-state index contributed by atoms with van der Waals surface area (Å²) in [5.41, 5.74) is 0.165. The fourth-order valence-electron chi connectivity index (χ4n) is 2.11. The van der Waals surface area contributed by atoms with Crippen molar-refractivity contribution < 1.29 is 27.4 Å². The Morgan fingerprint density at radius 1 is 1.19 bits per heavy atom. The summed E-state index contributed by atoms with van der Waals surface area (Å²) >= 11 is 0. The lowest BCUT2D eigenvalue weighted by Gasteiger charge is -2.12. The van der Waals surface area contributed by atoms with E-state index >= 15 is 0 Å². The molecule has 2 aromatic rings. The molecule has 0 fully saturated rings. The number of rotatable bonds is 6.